The smallest absolute Gasteiger partial charge is 0.247 e. The van der Waals surface area contributed by atoms with E-state index in [1.54, 1.807) is 49.8 Å². The molecule has 8 atom stereocenters. The highest BCUT2D eigenvalue weighted by atomic mass is 32.1. The minimum absolute atomic E-state index is 0.0110. The number of anilines is 1. The summed E-state index contributed by atoms with van der Waals surface area (Å²) in [5.74, 6) is -4.15. The molecular formula is C66H99FN8O14S. The molecule has 0 saturated carbocycles. The summed E-state index contributed by atoms with van der Waals surface area (Å²) in [6, 6.07) is 16.4. The molecule has 1 fully saturated rings. The van der Waals surface area contributed by atoms with Crippen LogP contribution < -0.4 is 27.0 Å². The van der Waals surface area contributed by atoms with Crippen molar-refractivity contribution in [3.63, 3.8) is 0 Å². The number of ether oxygens (including phenoxy) is 8. The number of nitrogens with two attached hydrogens (primary N) is 1. The fourth-order valence-electron chi connectivity index (χ4n) is 10.8. The van der Waals surface area contributed by atoms with E-state index in [1.807, 2.05) is 77.1 Å². The van der Waals surface area contributed by atoms with Gasteiger partial charge in [-0.05, 0) is 86.9 Å². The lowest BCUT2D eigenvalue weighted by molar-refractivity contribution is -0.148. The Morgan fingerprint density at radius 2 is 1.40 bits per heavy atom. The predicted molar refractivity (Wildman–Crippen MR) is 344 cm³/mol. The lowest BCUT2D eigenvalue weighted by atomic mass is 9.89. The lowest BCUT2D eigenvalue weighted by Crippen LogP contribution is -2.62. The number of benzene rings is 3. The van der Waals surface area contributed by atoms with E-state index >= 15 is 0 Å². The number of carbonyl (C=O) groups is 6. The number of rotatable bonds is 42. The number of amides is 6. The van der Waals surface area contributed by atoms with Gasteiger partial charge in [0.15, 0.2) is 0 Å². The summed E-state index contributed by atoms with van der Waals surface area (Å²) < 4.78 is 59.8. The van der Waals surface area contributed by atoms with Crippen LogP contribution in [0.25, 0.3) is 20.8 Å². The number of aromatic nitrogens is 1. The van der Waals surface area contributed by atoms with Gasteiger partial charge in [0.25, 0.3) is 0 Å². The number of halogens is 1. The van der Waals surface area contributed by atoms with Crippen LogP contribution in [0.1, 0.15) is 91.7 Å². The standard InChI is InChI=1S/C66H99FN8O14S/c1-12-44(4)59(74(9)64(80)58(43(2)3)72-65(81)66(7,8)73-56(76)24-27-84-29-31-86-33-35-88-37-38-89-36-34-87-32-30-85-28-25-68)54(82-10)42-57(77)75-26-16-19-53(75)60(83-11)46(6)61(78)70-52(40-47-17-14-13-15-18-47)62(79)69-50-22-20-48(39-45(50)5)63-71-51-41-49(67)21-23-55(51)90-63/h13-15,17-18,20-23,39,41,43-44,46,52-54,58-60H,12,16,19,24-38,40,42,68H2,1-11H3,(H,69,79)(H,70,78)(H,72,81)(H,73,76)/t44-,46+,52-,53-,54+,58-,59-,60+/m0/s1. The molecule has 500 valence electrons. The third-order valence-corrected chi connectivity index (χ3v) is 17.2. The third kappa shape index (κ3) is 23.3. The van der Waals surface area contributed by atoms with Crippen molar-refractivity contribution in [3.8, 4) is 10.6 Å². The van der Waals surface area contributed by atoms with Gasteiger partial charge in [-0.15, -0.1) is 11.3 Å². The molecule has 3 aromatic carbocycles. The molecule has 5 rings (SSSR count). The maximum Gasteiger partial charge on any atom is 0.247 e. The first-order chi connectivity index (χ1) is 43.1. The van der Waals surface area contributed by atoms with Crippen LogP contribution in [-0.2, 0) is 73.1 Å². The zero-order chi connectivity index (χ0) is 65.8. The van der Waals surface area contributed by atoms with Crippen molar-refractivity contribution >= 4 is 62.7 Å². The van der Waals surface area contributed by atoms with Crippen molar-refractivity contribution in [2.45, 2.75) is 136 Å². The highest BCUT2D eigenvalue weighted by molar-refractivity contribution is 7.21. The highest BCUT2D eigenvalue weighted by Gasteiger charge is 2.44. The van der Waals surface area contributed by atoms with Crippen LogP contribution in [-0.4, -0.2) is 206 Å². The van der Waals surface area contributed by atoms with Crippen molar-refractivity contribution in [3.05, 3.63) is 83.7 Å². The van der Waals surface area contributed by atoms with E-state index in [1.165, 1.54) is 37.7 Å². The summed E-state index contributed by atoms with van der Waals surface area (Å²) in [6.45, 7) is 19.9. The SMILES string of the molecule is CC[C@H](C)[C@@H]([C@@H](CC(=O)N1CCC[C@H]1[C@H](OC)[C@@H](C)C(=O)N[C@@H](Cc1ccccc1)C(=O)Nc1ccc(-c2nc3cc(F)ccc3s2)cc1C)OC)N(C)C(=O)[C@@H](NC(=O)C(C)(C)NC(=O)CCOCCOCCOCCOCCOCCOCCN)C(C)C. The van der Waals surface area contributed by atoms with Gasteiger partial charge in [-0.3, -0.25) is 28.8 Å². The molecule has 6 N–H and O–H groups in total. The summed E-state index contributed by atoms with van der Waals surface area (Å²) in [5.41, 5.74) is 7.51. The highest BCUT2D eigenvalue weighted by Crippen LogP contribution is 2.34. The first kappa shape index (κ1) is 74.7. The minimum Gasteiger partial charge on any atom is -0.379 e. The molecule has 1 saturated heterocycles. The number of hydrogen-bond donors (Lipinski definition) is 5. The van der Waals surface area contributed by atoms with Gasteiger partial charge in [-0.1, -0.05) is 71.4 Å². The summed E-state index contributed by atoms with van der Waals surface area (Å²) in [4.78, 5) is 93.0. The van der Waals surface area contributed by atoms with Gasteiger partial charge < -0.3 is 74.7 Å². The Hall–Kier alpha value is -6.06. The third-order valence-electron chi connectivity index (χ3n) is 16.1. The van der Waals surface area contributed by atoms with Gasteiger partial charge in [0, 0.05) is 64.5 Å². The number of thiazole rings is 1. The number of likely N-dealkylation sites (tertiary alicyclic amines) is 1. The topological polar surface area (TPSA) is 270 Å². The van der Waals surface area contributed by atoms with Crippen LogP contribution in [0.2, 0.25) is 0 Å². The number of nitrogens with zero attached hydrogens (tertiary/aromatic N) is 3. The quantitative estimate of drug-likeness (QED) is 0.0297. The Morgan fingerprint density at radius 3 is 1.97 bits per heavy atom. The summed E-state index contributed by atoms with van der Waals surface area (Å²) in [7, 11) is 4.68. The van der Waals surface area contributed by atoms with Gasteiger partial charge in [-0.2, -0.15) is 0 Å². The van der Waals surface area contributed by atoms with E-state index in [0.717, 1.165) is 21.4 Å². The number of likely N-dealkylation sites (N-methyl/N-ethyl adjacent to an activating group) is 1. The van der Waals surface area contributed by atoms with Crippen molar-refractivity contribution in [1.29, 1.82) is 0 Å². The van der Waals surface area contributed by atoms with E-state index < -0.39 is 71.5 Å². The van der Waals surface area contributed by atoms with Gasteiger partial charge in [0.2, 0.25) is 35.4 Å². The number of methoxy groups -OCH3 is 2. The molecule has 90 heavy (non-hydrogen) atoms. The molecule has 0 spiro atoms. The molecule has 24 heteroatoms. The zero-order valence-corrected chi connectivity index (χ0v) is 55.4. The predicted octanol–water partition coefficient (Wildman–Crippen LogP) is 6.48. The van der Waals surface area contributed by atoms with Gasteiger partial charge in [-0.25, -0.2) is 9.37 Å². The molecule has 6 amide bonds. The number of carbonyl (C=O) groups excluding carboxylic acids is 6. The monoisotopic (exact) mass is 1280 g/mol. The van der Waals surface area contributed by atoms with Crippen LogP contribution in [0.3, 0.4) is 0 Å². The molecule has 1 aliphatic rings. The van der Waals surface area contributed by atoms with Gasteiger partial charge in [0.1, 0.15) is 28.4 Å². The first-order valence-corrected chi connectivity index (χ1v) is 32.2. The maximum atomic E-state index is 14.7. The van der Waals surface area contributed by atoms with E-state index in [-0.39, 0.29) is 61.9 Å². The fourth-order valence-corrected chi connectivity index (χ4v) is 11.8. The molecule has 0 radical (unpaired) electrons. The fraction of sp³-hybridized carbons (Fsp3) is 0.621. The van der Waals surface area contributed by atoms with E-state index in [2.05, 4.69) is 26.3 Å². The molecule has 0 unspecified atom stereocenters. The van der Waals surface area contributed by atoms with E-state index in [0.29, 0.717) is 115 Å². The summed E-state index contributed by atoms with van der Waals surface area (Å²) in [5, 5.41) is 12.5. The normalized spacial score (nSPS) is 15.8. The second-order valence-electron chi connectivity index (χ2n) is 23.6. The molecular weight excluding hydrogens is 1180 g/mol. The lowest BCUT2D eigenvalue weighted by Gasteiger charge is -2.41. The molecule has 2 heterocycles. The van der Waals surface area contributed by atoms with Crippen molar-refractivity contribution in [1.82, 2.24) is 30.7 Å². The Bertz CT molecular complexity index is 2870. The Kier molecular flexibility index (Phi) is 32.1. The number of aryl methyl sites for hydroxylation is 1. The maximum absolute atomic E-state index is 14.7. The average Bonchev–Trinajstić information content (AvgIpc) is 1.58. The summed E-state index contributed by atoms with van der Waals surface area (Å²) >= 11 is 1.44. The number of hydrogen-bond acceptors (Lipinski definition) is 17. The average molecular weight is 1280 g/mol. The number of fused-ring (bicyclic) bond motifs is 1. The largest absolute Gasteiger partial charge is 0.379 e. The molecule has 1 aliphatic heterocycles. The van der Waals surface area contributed by atoms with Crippen LogP contribution in [0.5, 0.6) is 0 Å². The Labute approximate surface area is 534 Å². The van der Waals surface area contributed by atoms with E-state index in [9.17, 15) is 33.2 Å². The molecule has 4 aromatic rings. The Balaban J connectivity index is 1.12. The van der Waals surface area contributed by atoms with E-state index in [4.69, 9.17) is 43.6 Å². The molecule has 1 aromatic heterocycles. The number of nitrogens with one attached hydrogen (secondary N) is 4. The minimum atomic E-state index is -1.40. The van der Waals surface area contributed by atoms with Crippen molar-refractivity contribution in [2.75, 3.05) is 119 Å². The molecule has 0 aliphatic carbocycles. The second kappa shape index (κ2) is 38.7. The van der Waals surface area contributed by atoms with Crippen LogP contribution in [0, 0.1) is 30.5 Å². The van der Waals surface area contributed by atoms with Gasteiger partial charge in [0.05, 0.1) is 126 Å². The molecule has 22 nitrogen and oxygen atoms in total. The summed E-state index contributed by atoms with van der Waals surface area (Å²) in [6.07, 6.45) is 0.413. The van der Waals surface area contributed by atoms with Crippen molar-refractivity contribution < 1.29 is 71.1 Å². The van der Waals surface area contributed by atoms with Crippen LogP contribution >= 0.6 is 11.3 Å². The van der Waals surface area contributed by atoms with Crippen molar-refractivity contribution in [2.24, 2.45) is 23.5 Å². The van der Waals surface area contributed by atoms with Gasteiger partial charge >= 0.3 is 0 Å². The zero-order valence-electron chi connectivity index (χ0n) is 54.6. The molecule has 0 bridgehead atoms. The van der Waals surface area contributed by atoms with Crippen LogP contribution in [0.4, 0.5) is 10.1 Å². The second-order valence-corrected chi connectivity index (χ2v) is 24.6. The van der Waals surface area contributed by atoms with Crippen LogP contribution in [0.15, 0.2) is 66.7 Å². The Morgan fingerprint density at radius 1 is 0.789 bits per heavy atom. The first-order valence-electron chi connectivity index (χ1n) is 31.4.